The number of hydrogen-bond donors (Lipinski definition) is 1. The fourth-order valence-corrected chi connectivity index (χ4v) is 2.18. The highest BCUT2D eigenvalue weighted by Gasteiger charge is 2.09. The van der Waals surface area contributed by atoms with E-state index in [2.05, 4.69) is 15.4 Å². The molecule has 3 aromatic heterocycles. The summed E-state index contributed by atoms with van der Waals surface area (Å²) < 4.78 is 3.57. The number of carbonyl (C=O) groups is 1. The second-order valence-corrected chi connectivity index (χ2v) is 4.44. The number of anilines is 1. The molecule has 3 rings (SSSR count). The van der Waals surface area contributed by atoms with E-state index in [1.54, 1.807) is 23.1 Å². The number of amides is 1. The van der Waals surface area contributed by atoms with Crippen molar-refractivity contribution in [3.8, 4) is 0 Å². The Morgan fingerprint density at radius 1 is 1.30 bits per heavy atom. The van der Waals surface area contributed by atoms with Crippen molar-refractivity contribution in [3.63, 3.8) is 0 Å². The Labute approximate surface area is 116 Å². The minimum absolute atomic E-state index is 0.0941. The summed E-state index contributed by atoms with van der Waals surface area (Å²) in [5, 5.41) is 8.00. The lowest BCUT2D eigenvalue weighted by atomic mass is 10.3. The molecule has 0 bridgehead atoms. The van der Waals surface area contributed by atoms with E-state index < -0.39 is 0 Å². The first-order valence-corrected chi connectivity index (χ1v) is 6.49. The summed E-state index contributed by atoms with van der Waals surface area (Å²) in [7, 11) is 0. The highest BCUT2D eigenvalue weighted by atomic mass is 16.2. The number of hydrogen-bond acceptors (Lipinski definition) is 3. The fourth-order valence-electron chi connectivity index (χ4n) is 2.18. The molecule has 1 N–H and O–H groups in total. The molecule has 0 aromatic carbocycles. The summed E-state index contributed by atoms with van der Waals surface area (Å²) in [6.45, 7) is 2.93. The third-order valence-corrected chi connectivity index (χ3v) is 3.12. The van der Waals surface area contributed by atoms with E-state index in [1.807, 2.05) is 35.9 Å². The van der Waals surface area contributed by atoms with Crippen LogP contribution in [0.4, 0.5) is 5.82 Å². The zero-order valence-corrected chi connectivity index (χ0v) is 11.2. The summed E-state index contributed by atoms with van der Waals surface area (Å²) in [6, 6.07) is 7.59. The number of rotatable bonds is 4. The van der Waals surface area contributed by atoms with Crippen LogP contribution < -0.4 is 5.32 Å². The topological polar surface area (TPSA) is 64.7 Å². The molecule has 0 radical (unpaired) electrons. The van der Waals surface area contributed by atoms with Gasteiger partial charge in [-0.2, -0.15) is 5.10 Å². The van der Waals surface area contributed by atoms with Gasteiger partial charge in [0, 0.05) is 30.4 Å². The first-order valence-electron chi connectivity index (χ1n) is 6.49. The first-order chi connectivity index (χ1) is 9.78. The second kappa shape index (κ2) is 5.16. The van der Waals surface area contributed by atoms with Gasteiger partial charge in [-0.05, 0) is 25.1 Å². The molecule has 0 atom stereocenters. The summed E-state index contributed by atoms with van der Waals surface area (Å²) in [5.41, 5.74) is 0.812. The van der Waals surface area contributed by atoms with Crippen LogP contribution in [0.1, 0.15) is 6.92 Å². The van der Waals surface area contributed by atoms with E-state index >= 15 is 0 Å². The molecule has 0 spiro atoms. The van der Waals surface area contributed by atoms with Gasteiger partial charge in [0.1, 0.15) is 18.0 Å². The van der Waals surface area contributed by atoms with Gasteiger partial charge < -0.3 is 9.88 Å². The number of carbonyl (C=O) groups excluding carboxylic acids is 1. The lowest BCUT2D eigenvalue weighted by Crippen LogP contribution is -2.20. The minimum Gasteiger partial charge on any atom is -0.323 e. The summed E-state index contributed by atoms with van der Waals surface area (Å²) >= 11 is 0. The summed E-state index contributed by atoms with van der Waals surface area (Å²) in [4.78, 5) is 16.4. The Balaban J connectivity index is 1.76. The Hall–Kier alpha value is -2.63. The molecule has 6 heteroatoms. The molecule has 0 saturated heterocycles. The standard InChI is InChI=1S/C14H15N5O/c1-2-19-12(5-8-16-19)17-13(20)10-18-9-6-11-4-3-7-15-14(11)18/h3-9H,2,10H2,1H3,(H,17,20). The van der Waals surface area contributed by atoms with E-state index in [1.165, 1.54) is 0 Å². The van der Waals surface area contributed by atoms with Crippen molar-refractivity contribution in [2.24, 2.45) is 0 Å². The molecule has 102 valence electrons. The maximum Gasteiger partial charge on any atom is 0.245 e. The van der Waals surface area contributed by atoms with Gasteiger partial charge in [0.05, 0.1) is 6.20 Å². The van der Waals surface area contributed by atoms with E-state index in [-0.39, 0.29) is 12.5 Å². The molecule has 6 nitrogen and oxygen atoms in total. The Morgan fingerprint density at radius 3 is 3.05 bits per heavy atom. The van der Waals surface area contributed by atoms with Gasteiger partial charge in [-0.15, -0.1) is 0 Å². The zero-order valence-electron chi connectivity index (χ0n) is 11.2. The van der Waals surface area contributed by atoms with Gasteiger partial charge in [0.15, 0.2) is 0 Å². The molecular formula is C14H15N5O. The van der Waals surface area contributed by atoms with E-state index in [0.717, 1.165) is 17.6 Å². The maximum atomic E-state index is 12.1. The molecule has 20 heavy (non-hydrogen) atoms. The summed E-state index contributed by atoms with van der Waals surface area (Å²) in [6.07, 6.45) is 5.27. The van der Waals surface area contributed by atoms with Crippen LogP contribution in [0.25, 0.3) is 11.0 Å². The van der Waals surface area contributed by atoms with Gasteiger partial charge in [0.25, 0.3) is 0 Å². The molecule has 3 aromatic rings. The van der Waals surface area contributed by atoms with Crippen LogP contribution in [0.15, 0.2) is 42.9 Å². The molecule has 0 fully saturated rings. The minimum atomic E-state index is -0.0941. The van der Waals surface area contributed by atoms with Gasteiger partial charge in [0.2, 0.25) is 5.91 Å². The fraction of sp³-hybridized carbons (Fsp3) is 0.214. The SMILES string of the molecule is CCn1nccc1NC(=O)Cn1ccc2cccnc21. The van der Waals surface area contributed by atoms with Gasteiger partial charge >= 0.3 is 0 Å². The third kappa shape index (κ3) is 2.27. The Bertz CT molecular complexity index is 743. The third-order valence-electron chi connectivity index (χ3n) is 3.12. The van der Waals surface area contributed by atoms with Crippen LogP contribution in [0, 0.1) is 0 Å². The number of pyridine rings is 1. The average Bonchev–Trinajstić information content (AvgIpc) is 3.06. The van der Waals surface area contributed by atoms with Crippen molar-refractivity contribution in [2.75, 3.05) is 5.32 Å². The normalized spacial score (nSPS) is 10.8. The van der Waals surface area contributed by atoms with Crippen LogP contribution in [0.2, 0.25) is 0 Å². The summed E-state index contributed by atoms with van der Waals surface area (Å²) in [5.74, 6) is 0.616. The number of nitrogens with one attached hydrogen (secondary N) is 1. The quantitative estimate of drug-likeness (QED) is 0.786. The smallest absolute Gasteiger partial charge is 0.245 e. The zero-order chi connectivity index (χ0) is 13.9. The molecule has 0 aliphatic rings. The Kier molecular flexibility index (Phi) is 3.20. The average molecular weight is 269 g/mol. The van der Waals surface area contributed by atoms with Crippen molar-refractivity contribution >= 4 is 22.8 Å². The van der Waals surface area contributed by atoms with Crippen molar-refractivity contribution in [1.29, 1.82) is 0 Å². The van der Waals surface area contributed by atoms with Crippen LogP contribution in [0.3, 0.4) is 0 Å². The monoisotopic (exact) mass is 269 g/mol. The van der Waals surface area contributed by atoms with E-state index in [0.29, 0.717) is 5.82 Å². The van der Waals surface area contributed by atoms with E-state index in [4.69, 9.17) is 0 Å². The molecule has 0 aliphatic heterocycles. The second-order valence-electron chi connectivity index (χ2n) is 4.44. The van der Waals surface area contributed by atoms with Crippen molar-refractivity contribution in [3.05, 3.63) is 42.9 Å². The van der Waals surface area contributed by atoms with Crippen molar-refractivity contribution in [2.45, 2.75) is 20.0 Å². The predicted octanol–water partition coefficient (Wildman–Crippen LogP) is 1.89. The van der Waals surface area contributed by atoms with Gasteiger partial charge in [-0.25, -0.2) is 9.67 Å². The van der Waals surface area contributed by atoms with E-state index in [9.17, 15) is 4.79 Å². The van der Waals surface area contributed by atoms with Crippen LogP contribution >= 0.6 is 0 Å². The lowest BCUT2D eigenvalue weighted by molar-refractivity contribution is -0.116. The number of aryl methyl sites for hydroxylation is 1. The van der Waals surface area contributed by atoms with Gasteiger partial charge in [-0.3, -0.25) is 4.79 Å². The molecule has 0 saturated carbocycles. The molecule has 1 amide bonds. The number of aromatic nitrogens is 4. The Morgan fingerprint density at radius 2 is 2.20 bits per heavy atom. The van der Waals surface area contributed by atoms with Crippen molar-refractivity contribution < 1.29 is 4.79 Å². The van der Waals surface area contributed by atoms with Crippen molar-refractivity contribution in [1.82, 2.24) is 19.3 Å². The van der Waals surface area contributed by atoms with Crippen LogP contribution in [-0.2, 0) is 17.9 Å². The largest absolute Gasteiger partial charge is 0.323 e. The van der Waals surface area contributed by atoms with Crippen LogP contribution in [-0.4, -0.2) is 25.2 Å². The molecule has 3 heterocycles. The highest BCUT2D eigenvalue weighted by Crippen LogP contribution is 2.12. The predicted molar refractivity (Wildman–Crippen MR) is 76.3 cm³/mol. The molecule has 0 aliphatic carbocycles. The number of nitrogens with zero attached hydrogens (tertiary/aromatic N) is 4. The van der Waals surface area contributed by atoms with Gasteiger partial charge in [-0.1, -0.05) is 0 Å². The van der Waals surface area contributed by atoms with Crippen LogP contribution in [0.5, 0.6) is 0 Å². The maximum absolute atomic E-state index is 12.1. The first kappa shape index (κ1) is 12.4. The highest BCUT2D eigenvalue weighted by molar-refractivity contribution is 5.90. The molecule has 0 unspecified atom stereocenters. The number of fused-ring (bicyclic) bond motifs is 1. The lowest BCUT2D eigenvalue weighted by Gasteiger charge is -2.08. The molecular weight excluding hydrogens is 254 g/mol.